The second-order valence-electron chi connectivity index (χ2n) is 12.0. The number of hydrogen-bond donors (Lipinski definition) is 0. The van der Waals surface area contributed by atoms with E-state index in [2.05, 4.69) is 51.1 Å². The molecule has 0 bridgehead atoms. The summed E-state index contributed by atoms with van der Waals surface area (Å²) in [5.74, 6) is 0.0727. The zero-order valence-electron chi connectivity index (χ0n) is 21.6. The van der Waals surface area contributed by atoms with Crippen molar-refractivity contribution in [3.8, 4) is 0 Å². The molecule has 0 saturated carbocycles. The molecular formula is C27H38N2O3Si2. The lowest BCUT2D eigenvalue weighted by molar-refractivity contribution is -0.166. The Kier molecular flexibility index (Phi) is 6.09. The molecule has 0 N–H and O–H groups in total. The Bertz CT molecular complexity index is 1050. The van der Waals surface area contributed by atoms with Crippen LogP contribution in [0.1, 0.15) is 24.1 Å². The van der Waals surface area contributed by atoms with Crippen molar-refractivity contribution >= 4 is 28.1 Å². The summed E-state index contributed by atoms with van der Waals surface area (Å²) >= 11 is 0. The molecule has 0 radical (unpaired) electrons. The van der Waals surface area contributed by atoms with Gasteiger partial charge in [0.05, 0.1) is 28.7 Å². The molecule has 182 valence electrons. The summed E-state index contributed by atoms with van der Waals surface area (Å²) in [6.07, 6.45) is 0.107. The molecule has 2 aliphatic heterocycles. The van der Waals surface area contributed by atoms with Gasteiger partial charge in [-0.25, -0.2) is 4.79 Å². The Labute approximate surface area is 206 Å². The predicted octanol–water partition coefficient (Wildman–Crippen LogP) is 5.52. The van der Waals surface area contributed by atoms with Gasteiger partial charge in [-0.2, -0.15) is 0 Å². The van der Waals surface area contributed by atoms with Crippen LogP contribution in [0.25, 0.3) is 0 Å². The summed E-state index contributed by atoms with van der Waals surface area (Å²) in [6, 6.07) is 19.8. The number of benzene rings is 2. The van der Waals surface area contributed by atoms with Crippen LogP contribution >= 0.6 is 0 Å². The predicted molar refractivity (Wildman–Crippen MR) is 142 cm³/mol. The molecule has 5 nitrogen and oxygen atoms in total. The number of amides is 2. The van der Waals surface area contributed by atoms with Gasteiger partial charge in [0.1, 0.15) is 12.1 Å². The topological polar surface area (TPSA) is 49.9 Å². The van der Waals surface area contributed by atoms with Crippen LogP contribution in [0.2, 0.25) is 39.3 Å². The van der Waals surface area contributed by atoms with Gasteiger partial charge in [-0.3, -0.25) is 9.69 Å². The number of hydrogen-bond acceptors (Lipinski definition) is 3. The molecule has 7 heteroatoms. The molecule has 0 aliphatic carbocycles. The van der Waals surface area contributed by atoms with Gasteiger partial charge in [-0.15, -0.1) is 0 Å². The smallest absolute Gasteiger partial charge is 0.411 e. The molecule has 2 aromatic rings. The Morgan fingerprint density at radius 3 is 1.94 bits per heavy atom. The van der Waals surface area contributed by atoms with E-state index in [-0.39, 0.29) is 29.4 Å². The maximum atomic E-state index is 14.5. The van der Waals surface area contributed by atoms with Gasteiger partial charge in [0.15, 0.2) is 0 Å². The second kappa shape index (κ2) is 8.38. The number of likely N-dealkylation sites (tertiary alicyclic amines) is 1. The van der Waals surface area contributed by atoms with Crippen LogP contribution in [0, 0.1) is 0 Å². The van der Waals surface area contributed by atoms with E-state index in [0.29, 0.717) is 13.0 Å². The van der Waals surface area contributed by atoms with Gasteiger partial charge < -0.3 is 9.64 Å². The molecule has 2 aliphatic rings. The van der Waals surface area contributed by atoms with E-state index in [1.54, 1.807) is 4.90 Å². The molecule has 2 saturated heterocycles. The first-order chi connectivity index (χ1) is 15.8. The quantitative estimate of drug-likeness (QED) is 0.376. The first-order valence-corrected chi connectivity index (χ1v) is 19.2. The van der Waals surface area contributed by atoms with E-state index in [1.165, 1.54) is 0 Å². The Hall–Kier alpha value is -2.39. The number of β-lactam (4-membered cyclic amide) rings is 1. The van der Waals surface area contributed by atoms with Crippen molar-refractivity contribution in [1.82, 2.24) is 9.80 Å². The number of ether oxygens (including phenoxy) is 1. The molecular weight excluding hydrogens is 456 g/mol. The fraction of sp³-hybridized carbons (Fsp3) is 0.481. The summed E-state index contributed by atoms with van der Waals surface area (Å²) in [5, 5.41) is 0. The summed E-state index contributed by atoms with van der Waals surface area (Å²) < 4.78 is 5.59. The minimum atomic E-state index is -1.78. The summed E-state index contributed by atoms with van der Waals surface area (Å²) in [7, 11) is -3.56. The first-order valence-electron chi connectivity index (χ1n) is 12.2. The number of nitrogens with zero attached hydrogens (tertiary/aromatic N) is 2. The Morgan fingerprint density at radius 1 is 0.912 bits per heavy atom. The van der Waals surface area contributed by atoms with Crippen molar-refractivity contribution in [2.24, 2.45) is 0 Å². The van der Waals surface area contributed by atoms with Gasteiger partial charge in [0, 0.05) is 11.2 Å². The van der Waals surface area contributed by atoms with E-state index >= 15 is 0 Å². The molecule has 4 rings (SSSR count). The van der Waals surface area contributed by atoms with Crippen LogP contribution in [-0.4, -0.2) is 61.4 Å². The standard InChI is InChI=1S/C27H38N2O3Si2/c1-26(33(2,3)4,34(5,6)7)28-20-27(24(28)30,18-21-14-10-8-11-15-21)29-23(19-32-25(29)31)22-16-12-9-13-17-22/h8-17,23H,18-20H2,1-7H3/t23-,27-/m1/s1. The van der Waals surface area contributed by atoms with Crippen molar-refractivity contribution < 1.29 is 14.3 Å². The third-order valence-corrected chi connectivity index (χ3v) is 19.3. The van der Waals surface area contributed by atoms with Gasteiger partial charge >= 0.3 is 6.09 Å². The van der Waals surface area contributed by atoms with E-state index in [9.17, 15) is 9.59 Å². The lowest BCUT2D eigenvalue weighted by Crippen LogP contribution is -2.86. The number of carbonyl (C=O) groups excluding carboxylic acids is 2. The van der Waals surface area contributed by atoms with Crippen LogP contribution in [0.4, 0.5) is 4.79 Å². The minimum absolute atomic E-state index is 0.0727. The largest absolute Gasteiger partial charge is 0.447 e. The molecule has 2 amide bonds. The van der Waals surface area contributed by atoms with Crippen molar-refractivity contribution in [2.45, 2.75) is 69.0 Å². The molecule has 2 aromatic carbocycles. The van der Waals surface area contributed by atoms with E-state index in [4.69, 9.17) is 4.74 Å². The fourth-order valence-corrected chi connectivity index (χ4v) is 17.0. The summed E-state index contributed by atoms with van der Waals surface area (Å²) in [5.41, 5.74) is 1.13. The van der Waals surface area contributed by atoms with Gasteiger partial charge in [-0.05, 0) is 18.1 Å². The molecule has 0 unspecified atom stereocenters. The van der Waals surface area contributed by atoms with Crippen molar-refractivity contribution in [2.75, 3.05) is 13.2 Å². The number of rotatable bonds is 7. The summed E-state index contributed by atoms with van der Waals surface area (Å²) in [6.45, 7) is 17.3. The monoisotopic (exact) mass is 494 g/mol. The Balaban J connectivity index is 1.80. The lowest BCUT2D eigenvalue weighted by atomic mass is 9.79. The van der Waals surface area contributed by atoms with Gasteiger partial charge in [0.25, 0.3) is 5.91 Å². The average Bonchev–Trinajstić information content (AvgIpc) is 3.17. The molecule has 0 aromatic heterocycles. The molecule has 2 heterocycles. The van der Waals surface area contributed by atoms with Crippen LogP contribution in [0.15, 0.2) is 60.7 Å². The van der Waals surface area contributed by atoms with E-state index in [0.717, 1.165) is 11.1 Å². The molecule has 2 fully saturated rings. The minimum Gasteiger partial charge on any atom is -0.447 e. The molecule has 34 heavy (non-hydrogen) atoms. The van der Waals surface area contributed by atoms with Crippen LogP contribution in [-0.2, 0) is 16.0 Å². The SMILES string of the molecule is CC(N1C[C@@](Cc2ccccc2)(N2C(=O)OC[C@@H]2c2ccccc2)C1=O)([Si](C)(C)C)[Si](C)(C)C. The maximum absolute atomic E-state index is 14.5. The van der Waals surface area contributed by atoms with Crippen molar-refractivity contribution in [1.29, 1.82) is 0 Å². The average molecular weight is 495 g/mol. The maximum Gasteiger partial charge on any atom is 0.411 e. The fourth-order valence-electron chi connectivity index (χ4n) is 6.00. The second-order valence-corrected chi connectivity index (χ2v) is 23.5. The number of cyclic esters (lactones) is 1. The lowest BCUT2D eigenvalue weighted by Gasteiger charge is -2.65. The van der Waals surface area contributed by atoms with E-state index < -0.39 is 21.7 Å². The molecule has 0 spiro atoms. The first kappa shape index (κ1) is 24.7. The third kappa shape index (κ3) is 3.73. The summed E-state index contributed by atoms with van der Waals surface area (Å²) in [4.78, 5) is 31.5. The van der Waals surface area contributed by atoms with Crippen LogP contribution < -0.4 is 0 Å². The zero-order chi connectivity index (χ0) is 24.9. The van der Waals surface area contributed by atoms with Crippen molar-refractivity contribution in [3.63, 3.8) is 0 Å². The van der Waals surface area contributed by atoms with Crippen LogP contribution in [0.3, 0.4) is 0 Å². The zero-order valence-corrected chi connectivity index (χ0v) is 23.6. The highest BCUT2D eigenvalue weighted by Crippen LogP contribution is 2.48. The highest BCUT2D eigenvalue weighted by atomic mass is 28.4. The number of carbonyl (C=O) groups is 2. The van der Waals surface area contributed by atoms with Crippen LogP contribution in [0.5, 0.6) is 0 Å². The highest BCUT2D eigenvalue weighted by molar-refractivity contribution is 6.99. The van der Waals surface area contributed by atoms with Gasteiger partial charge in [-0.1, -0.05) is 99.9 Å². The Morgan fingerprint density at radius 2 is 1.44 bits per heavy atom. The van der Waals surface area contributed by atoms with Gasteiger partial charge in [0.2, 0.25) is 0 Å². The van der Waals surface area contributed by atoms with Crippen molar-refractivity contribution in [3.05, 3.63) is 71.8 Å². The van der Waals surface area contributed by atoms with E-state index in [1.807, 2.05) is 60.7 Å². The third-order valence-electron chi connectivity index (χ3n) is 8.38. The molecule has 2 atom stereocenters. The highest BCUT2D eigenvalue weighted by Gasteiger charge is 2.68. The normalized spacial score (nSPS) is 23.7.